The summed E-state index contributed by atoms with van der Waals surface area (Å²) >= 11 is 3.38. The largest absolute Gasteiger partial charge is 0.348 e. The molecule has 0 unspecified atom stereocenters. The molecular formula is C17H15BrN2O2. The molecule has 1 heterocycles. The fraction of sp³-hybridized carbons (Fsp3) is 0.176. The lowest BCUT2D eigenvalue weighted by atomic mass is 10.1. The van der Waals surface area contributed by atoms with Gasteiger partial charge in [0.05, 0.1) is 6.42 Å². The van der Waals surface area contributed by atoms with Crippen LogP contribution in [0.3, 0.4) is 0 Å². The number of likely N-dealkylation sites (N-methyl/N-ethyl adjacent to an activating group) is 1. The number of benzene rings is 2. The van der Waals surface area contributed by atoms with Crippen LogP contribution in [-0.4, -0.2) is 18.9 Å². The Morgan fingerprint density at radius 3 is 2.68 bits per heavy atom. The lowest BCUT2D eigenvalue weighted by Crippen LogP contribution is -2.23. The Hall–Kier alpha value is -2.14. The molecule has 0 atom stereocenters. The van der Waals surface area contributed by atoms with E-state index in [0.717, 1.165) is 21.3 Å². The molecule has 1 aliphatic heterocycles. The van der Waals surface area contributed by atoms with Gasteiger partial charge < -0.3 is 10.2 Å². The predicted molar refractivity (Wildman–Crippen MR) is 88.9 cm³/mol. The number of rotatable bonds is 3. The Kier molecular flexibility index (Phi) is 3.98. The van der Waals surface area contributed by atoms with Crippen LogP contribution >= 0.6 is 15.9 Å². The van der Waals surface area contributed by atoms with E-state index in [1.54, 1.807) is 24.1 Å². The molecule has 2 aromatic carbocycles. The van der Waals surface area contributed by atoms with Gasteiger partial charge in [-0.05, 0) is 41.5 Å². The monoisotopic (exact) mass is 358 g/mol. The second-order valence-electron chi connectivity index (χ2n) is 5.28. The minimum Gasteiger partial charge on any atom is -0.348 e. The SMILES string of the molecule is CN1C(=O)Cc2cc(C(=O)NCc3ccc(Br)cc3)ccc21. The fourth-order valence-electron chi connectivity index (χ4n) is 2.50. The van der Waals surface area contributed by atoms with E-state index < -0.39 is 0 Å². The number of nitrogens with one attached hydrogen (secondary N) is 1. The van der Waals surface area contributed by atoms with Crippen molar-refractivity contribution in [2.75, 3.05) is 11.9 Å². The molecule has 3 rings (SSSR count). The van der Waals surface area contributed by atoms with E-state index in [1.807, 2.05) is 30.3 Å². The Balaban J connectivity index is 1.70. The Bertz CT molecular complexity index is 741. The van der Waals surface area contributed by atoms with Gasteiger partial charge in [0.15, 0.2) is 0 Å². The number of hydrogen-bond donors (Lipinski definition) is 1. The van der Waals surface area contributed by atoms with Crippen molar-refractivity contribution < 1.29 is 9.59 Å². The third-order valence-corrected chi connectivity index (χ3v) is 4.31. The average molecular weight is 359 g/mol. The highest BCUT2D eigenvalue weighted by Crippen LogP contribution is 2.28. The summed E-state index contributed by atoms with van der Waals surface area (Å²) in [4.78, 5) is 25.5. The first-order valence-electron chi connectivity index (χ1n) is 6.97. The number of carbonyl (C=O) groups is 2. The molecule has 5 heteroatoms. The molecule has 0 saturated heterocycles. The van der Waals surface area contributed by atoms with Crippen LogP contribution in [0.4, 0.5) is 5.69 Å². The molecule has 1 N–H and O–H groups in total. The topological polar surface area (TPSA) is 49.4 Å². The van der Waals surface area contributed by atoms with Gasteiger partial charge in [-0.1, -0.05) is 28.1 Å². The molecule has 0 radical (unpaired) electrons. The van der Waals surface area contributed by atoms with Gasteiger partial charge in [0.2, 0.25) is 5.91 Å². The molecule has 2 amide bonds. The van der Waals surface area contributed by atoms with E-state index in [-0.39, 0.29) is 11.8 Å². The first-order valence-corrected chi connectivity index (χ1v) is 7.76. The Morgan fingerprint density at radius 1 is 1.23 bits per heavy atom. The van der Waals surface area contributed by atoms with Crippen LogP contribution in [0.2, 0.25) is 0 Å². The maximum atomic E-state index is 12.2. The van der Waals surface area contributed by atoms with E-state index in [1.165, 1.54) is 0 Å². The van der Waals surface area contributed by atoms with E-state index in [2.05, 4.69) is 21.2 Å². The maximum absolute atomic E-state index is 12.2. The summed E-state index contributed by atoms with van der Waals surface area (Å²) in [7, 11) is 1.75. The highest BCUT2D eigenvalue weighted by molar-refractivity contribution is 9.10. The van der Waals surface area contributed by atoms with Gasteiger partial charge in [-0.25, -0.2) is 0 Å². The molecule has 0 spiro atoms. The lowest BCUT2D eigenvalue weighted by Gasteiger charge is -2.11. The van der Waals surface area contributed by atoms with Gasteiger partial charge in [0.25, 0.3) is 5.91 Å². The van der Waals surface area contributed by atoms with Crippen LogP contribution in [0.1, 0.15) is 21.5 Å². The number of fused-ring (bicyclic) bond motifs is 1. The second-order valence-corrected chi connectivity index (χ2v) is 6.20. The van der Waals surface area contributed by atoms with Crippen LogP contribution < -0.4 is 10.2 Å². The van der Waals surface area contributed by atoms with E-state index in [0.29, 0.717) is 18.5 Å². The van der Waals surface area contributed by atoms with Crippen molar-refractivity contribution in [1.82, 2.24) is 5.32 Å². The summed E-state index contributed by atoms with van der Waals surface area (Å²) in [6.45, 7) is 0.474. The molecular weight excluding hydrogens is 344 g/mol. The average Bonchev–Trinajstić information content (AvgIpc) is 2.80. The smallest absolute Gasteiger partial charge is 0.251 e. The van der Waals surface area contributed by atoms with Crippen LogP contribution in [0.25, 0.3) is 0 Å². The summed E-state index contributed by atoms with van der Waals surface area (Å²) in [6.07, 6.45) is 0.361. The molecule has 0 saturated carbocycles. The summed E-state index contributed by atoms with van der Waals surface area (Å²) in [5.74, 6) is -0.0739. The van der Waals surface area contributed by atoms with Crippen molar-refractivity contribution >= 4 is 33.4 Å². The molecule has 1 aliphatic rings. The van der Waals surface area contributed by atoms with Crippen molar-refractivity contribution in [1.29, 1.82) is 0 Å². The number of amides is 2. The van der Waals surface area contributed by atoms with E-state index in [4.69, 9.17) is 0 Å². The summed E-state index contributed by atoms with van der Waals surface area (Å²) in [5, 5.41) is 2.90. The second kappa shape index (κ2) is 5.93. The number of nitrogens with zero attached hydrogens (tertiary/aromatic N) is 1. The van der Waals surface area contributed by atoms with Crippen LogP contribution in [0.15, 0.2) is 46.9 Å². The molecule has 112 valence electrons. The molecule has 4 nitrogen and oxygen atoms in total. The van der Waals surface area contributed by atoms with Gasteiger partial charge in [-0.3, -0.25) is 9.59 Å². The highest BCUT2D eigenvalue weighted by Gasteiger charge is 2.24. The van der Waals surface area contributed by atoms with Crippen LogP contribution in [0, 0.1) is 0 Å². The Morgan fingerprint density at radius 2 is 1.95 bits per heavy atom. The maximum Gasteiger partial charge on any atom is 0.251 e. The molecule has 22 heavy (non-hydrogen) atoms. The number of carbonyl (C=O) groups excluding carboxylic acids is 2. The first kappa shape index (κ1) is 14.8. The third-order valence-electron chi connectivity index (χ3n) is 3.79. The van der Waals surface area contributed by atoms with E-state index >= 15 is 0 Å². The quantitative estimate of drug-likeness (QED) is 0.916. The van der Waals surface area contributed by atoms with Crippen LogP contribution in [0.5, 0.6) is 0 Å². The highest BCUT2D eigenvalue weighted by atomic mass is 79.9. The fourth-order valence-corrected chi connectivity index (χ4v) is 2.76. The van der Waals surface area contributed by atoms with Crippen molar-refractivity contribution in [3.05, 3.63) is 63.6 Å². The van der Waals surface area contributed by atoms with Gasteiger partial charge in [0.1, 0.15) is 0 Å². The number of hydrogen-bond acceptors (Lipinski definition) is 2. The van der Waals surface area contributed by atoms with E-state index in [9.17, 15) is 9.59 Å². The van der Waals surface area contributed by atoms with Gasteiger partial charge in [-0.2, -0.15) is 0 Å². The van der Waals surface area contributed by atoms with Gasteiger partial charge in [-0.15, -0.1) is 0 Å². The number of anilines is 1. The molecule has 0 aromatic heterocycles. The third kappa shape index (κ3) is 2.90. The van der Waals surface area contributed by atoms with Gasteiger partial charge in [0, 0.05) is 29.3 Å². The zero-order chi connectivity index (χ0) is 15.7. The molecule has 0 aliphatic carbocycles. The van der Waals surface area contributed by atoms with Crippen molar-refractivity contribution in [3.8, 4) is 0 Å². The van der Waals surface area contributed by atoms with Crippen molar-refractivity contribution in [3.63, 3.8) is 0 Å². The minimum atomic E-state index is -0.132. The van der Waals surface area contributed by atoms with Crippen molar-refractivity contribution in [2.24, 2.45) is 0 Å². The minimum absolute atomic E-state index is 0.0578. The molecule has 0 fully saturated rings. The first-order chi connectivity index (χ1) is 10.5. The zero-order valence-electron chi connectivity index (χ0n) is 12.1. The molecule has 0 bridgehead atoms. The van der Waals surface area contributed by atoms with Crippen molar-refractivity contribution in [2.45, 2.75) is 13.0 Å². The summed E-state index contributed by atoms with van der Waals surface area (Å²) in [5.41, 5.74) is 3.41. The number of halogens is 1. The predicted octanol–water partition coefficient (Wildman–Crippen LogP) is 2.90. The molecule has 2 aromatic rings. The van der Waals surface area contributed by atoms with Gasteiger partial charge >= 0.3 is 0 Å². The lowest BCUT2D eigenvalue weighted by molar-refractivity contribution is -0.117. The summed E-state index contributed by atoms with van der Waals surface area (Å²) in [6, 6.07) is 13.2. The standard InChI is InChI=1S/C17H15BrN2O2/c1-20-15-7-4-12(8-13(15)9-16(20)21)17(22)19-10-11-2-5-14(18)6-3-11/h2-8H,9-10H2,1H3,(H,19,22). The Labute approximate surface area is 137 Å². The van der Waals surface area contributed by atoms with Crippen LogP contribution in [-0.2, 0) is 17.8 Å². The summed E-state index contributed by atoms with van der Waals surface area (Å²) < 4.78 is 1.01. The normalized spacial score (nSPS) is 13.2. The zero-order valence-corrected chi connectivity index (χ0v) is 13.7.